The van der Waals surface area contributed by atoms with Gasteiger partial charge in [-0.05, 0) is 49.1 Å². The number of hydrogen-bond acceptors (Lipinski definition) is 4. The second-order valence-corrected chi connectivity index (χ2v) is 11.3. The molecule has 2 aromatic rings. The fourth-order valence-electron chi connectivity index (χ4n) is 3.75. The Hall–Kier alpha value is -1.93. The van der Waals surface area contributed by atoms with Gasteiger partial charge >= 0.3 is 0 Å². The molecule has 0 aliphatic carbocycles. The number of sulfonamides is 1. The molecule has 1 N–H and O–H groups in total. The Morgan fingerprint density at radius 3 is 2.32 bits per heavy atom. The summed E-state index contributed by atoms with van der Waals surface area (Å²) in [6.45, 7) is 10.3. The molecule has 3 rings (SSSR count). The van der Waals surface area contributed by atoms with Gasteiger partial charge in [-0.25, -0.2) is 8.42 Å². The number of morpholine rings is 1. The molecule has 1 fully saturated rings. The van der Waals surface area contributed by atoms with E-state index < -0.39 is 15.9 Å². The second kappa shape index (κ2) is 8.90. The summed E-state index contributed by atoms with van der Waals surface area (Å²) in [6, 6.07) is 11.9. The number of halogens is 1. The van der Waals surface area contributed by atoms with E-state index >= 15 is 0 Å². The van der Waals surface area contributed by atoms with Crippen LogP contribution in [-0.4, -0.2) is 43.9 Å². The third-order valence-electron chi connectivity index (χ3n) is 5.18. The molecular weight excluding hydrogens is 436 g/mol. The lowest BCUT2D eigenvalue weighted by molar-refractivity contribution is -0.0440. The number of nitrogens with one attached hydrogen (secondary N) is 1. The van der Waals surface area contributed by atoms with Gasteiger partial charge in [0.1, 0.15) is 4.90 Å². The van der Waals surface area contributed by atoms with Crippen LogP contribution in [-0.2, 0) is 20.2 Å². The van der Waals surface area contributed by atoms with Crippen LogP contribution < -0.4 is 5.32 Å². The average Bonchev–Trinajstić information content (AvgIpc) is 2.67. The molecule has 1 aliphatic heterocycles. The number of nitrogens with zero attached hydrogens (tertiary/aromatic N) is 1. The fourth-order valence-corrected chi connectivity index (χ4v) is 5.84. The molecule has 2 atom stereocenters. The van der Waals surface area contributed by atoms with Crippen molar-refractivity contribution in [2.45, 2.75) is 57.1 Å². The molecule has 0 saturated carbocycles. The zero-order valence-electron chi connectivity index (χ0n) is 18.5. The zero-order chi connectivity index (χ0) is 23.0. The van der Waals surface area contributed by atoms with Gasteiger partial charge in [-0.15, -0.1) is 0 Å². The monoisotopic (exact) mass is 464 g/mol. The standard InChI is InChI=1S/C23H29ClN2O4S/c1-15-13-26(14-16(2)30-15)31(28,29)21-12-17(10-11-19(21)24)22(27)25-20-9-7-6-8-18(20)23(3,4)5/h6-12,15-16H,13-14H2,1-5H3,(H,25,27). The van der Waals surface area contributed by atoms with Crippen molar-refractivity contribution in [1.82, 2.24) is 4.31 Å². The Labute approximate surface area is 189 Å². The molecule has 31 heavy (non-hydrogen) atoms. The highest BCUT2D eigenvalue weighted by molar-refractivity contribution is 7.89. The maximum Gasteiger partial charge on any atom is 0.255 e. The van der Waals surface area contributed by atoms with Crippen LogP contribution in [0.25, 0.3) is 0 Å². The number of amides is 1. The molecule has 0 radical (unpaired) electrons. The van der Waals surface area contributed by atoms with Crippen molar-refractivity contribution >= 4 is 33.2 Å². The number of ether oxygens (including phenoxy) is 1. The van der Waals surface area contributed by atoms with Gasteiger partial charge in [-0.3, -0.25) is 4.79 Å². The average molecular weight is 465 g/mol. The first kappa shape index (κ1) is 23.7. The number of rotatable bonds is 4. The molecule has 0 bridgehead atoms. The van der Waals surface area contributed by atoms with E-state index in [2.05, 4.69) is 26.1 Å². The smallest absolute Gasteiger partial charge is 0.255 e. The maximum absolute atomic E-state index is 13.3. The van der Waals surface area contributed by atoms with Crippen LogP contribution >= 0.6 is 11.6 Å². The van der Waals surface area contributed by atoms with Crippen LogP contribution in [0.15, 0.2) is 47.4 Å². The van der Waals surface area contributed by atoms with Crippen LogP contribution in [0.3, 0.4) is 0 Å². The largest absolute Gasteiger partial charge is 0.373 e. The molecule has 0 aromatic heterocycles. The van der Waals surface area contributed by atoms with E-state index in [0.29, 0.717) is 5.69 Å². The van der Waals surface area contributed by atoms with Crippen LogP contribution in [0.5, 0.6) is 0 Å². The van der Waals surface area contributed by atoms with E-state index in [1.54, 1.807) is 0 Å². The number of benzene rings is 2. The second-order valence-electron chi connectivity index (χ2n) is 8.97. The Bertz CT molecular complexity index is 1070. The molecule has 2 unspecified atom stereocenters. The van der Waals surface area contributed by atoms with Crippen molar-refractivity contribution in [2.75, 3.05) is 18.4 Å². The van der Waals surface area contributed by atoms with E-state index in [4.69, 9.17) is 16.3 Å². The predicted octanol–water partition coefficient (Wildman–Crippen LogP) is 4.69. The van der Waals surface area contributed by atoms with Gasteiger partial charge in [-0.2, -0.15) is 4.31 Å². The normalized spacial score (nSPS) is 20.5. The molecule has 168 valence electrons. The van der Waals surface area contributed by atoms with Gasteiger partial charge in [0, 0.05) is 24.3 Å². The fraction of sp³-hybridized carbons (Fsp3) is 0.435. The first-order valence-electron chi connectivity index (χ1n) is 10.3. The summed E-state index contributed by atoms with van der Waals surface area (Å²) in [6.07, 6.45) is -0.449. The van der Waals surface area contributed by atoms with Crippen molar-refractivity contribution in [3.63, 3.8) is 0 Å². The molecule has 0 spiro atoms. The molecule has 1 heterocycles. The third kappa shape index (κ3) is 5.29. The minimum Gasteiger partial charge on any atom is -0.373 e. The summed E-state index contributed by atoms with van der Waals surface area (Å²) < 4.78 is 33.6. The highest BCUT2D eigenvalue weighted by atomic mass is 35.5. The summed E-state index contributed by atoms with van der Waals surface area (Å²) in [4.78, 5) is 12.9. The number of carbonyl (C=O) groups is 1. The van der Waals surface area contributed by atoms with Crippen molar-refractivity contribution < 1.29 is 17.9 Å². The summed E-state index contributed by atoms with van der Waals surface area (Å²) in [5.41, 5.74) is 1.74. The van der Waals surface area contributed by atoms with Crippen LogP contribution in [0, 0.1) is 0 Å². The van der Waals surface area contributed by atoms with E-state index in [9.17, 15) is 13.2 Å². The predicted molar refractivity (Wildman–Crippen MR) is 123 cm³/mol. The van der Waals surface area contributed by atoms with Gasteiger partial charge in [0.05, 0.1) is 17.2 Å². The van der Waals surface area contributed by atoms with Crippen LogP contribution in [0.4, 0.5) is 5.69 Å². The quantitative estimate of drug-likeness (QED) is 0.712. The minimum absolute atomic E-state index is 0.0766. The van der Waals surface area contributed by atoms with Gasteiger partial charge in [0.2, 0.25) is 10.0 Å². The minimum atomic E-state index is -3.88. The summed E-state index contributed by atoms with van der Waals surface area (Å²) >= 11 is 6.25. The maximum atomic E-state index is 13.3. The highest BCUT2D eigenvalue weighted by Gasteiger charge is 2.34. The topological polar surface area (TPSA) is 75.7 Å². The number of para-hydroxylation sites is 1. The number of hydrogen-bond donors (Lipinski definition) is 1. The molecule has 6 nitrogen and oxygen atoms in total. The van der Waals surface area contributed by atoms with Crippen molar-refractivity contribution in [3.05, 3.63) is 58.6 Å². The van der Waals surface area contributed by atoms with E-state index in [1.807, 2.05) is 38.1 Å². The van der Waals surface area contributed by atoms with Crippen molar-refractivity contribution in [2.24, 2.45) is 0 Å². The first-order chi connectivity index (χ1) is 14.4. The summed E-state index contributed by atoms with van der Waals surface area (Å²) in [7, 11) is -3.88. The Balaban J connectivity index is 1.92. The number of anilines is 1. The van der Waals surface area contributed by atoms with E-state index in [0.717, 1.165) is 5.56 Å². The molecule has 8 heteroatoms. The molecule has 1 aliphatic rings. The molecule has 1 amide bonds. The lowest BCUT2D eigenvalue weighted by Gasteiger charge is -2.34. The van der Waals surface area contributed by atoms with Crippen molar-refractivity contribution in [3.8, 4) is 0 Å². The van der Waals surface area contributed by atoms with Crippen LogP contribution in [0.1, 0.15) is 50.5 Å². The first-order valence-corrected chi connectivity index (χ1v) is 12.1. The van der Waals surface area contributed by atoms with Crippen LogP contribution in [0.2, 0.25) is 5.02 Å². The molecular formula is C23H29ClN2O4S. The molecule has 1 saturated heterocycles. The lowest BCUT2D eigenvalue weighted by Crippen LogP contribution is -2.48. The summed E-state index contributed by atoms with van der Waals surface area (Å²) in [5, 5.41) is 3.00. The van der Waals surface area contributed by atoms with Crippen molar-refractivity contribution in [1.29, 1.82) is 0 Å². The van der Waals surface area contributed by atoms with Gasteiger partial charge < -0.3 is 10.1 Å². The van der Waals surface area contributed by atoms with Gasteiger partial charge in [-0.1, -0.05) is 50.6 Å². The van der Waals surface area contributed by atoms with E-state index in [1.165, 1.54) is 22.5 Å². The van der Waals surface area contributed by atoms with Gasteiger partial charge in [0.25, 0.3) is 5.91 Å². The Morgan fingerprint density at radius 2 is 1.71 bits per heavy atom. The Kier molecular flexibility index (Phi) is 6.81. The zero-order valence-corrected chi connectivity index (χ0v) is 20.0. The van der Waals surface area contributed by atoms with Gasteiger partial charge in [0.15, 0.2) is 0 Å². The Morgan fingerprint density at radius 1 is 1.10 bits per heavy atom. The highest BCUT2D eigenvalue weighted by Crippen LogP contribution is 2.31. The number of carbonyl (C=O) groups excluding carboxylic acids is 1. The lowest BCUT2D eigenvalue weighted by atomic mass is 9.86. The third-order valence-corrected chi connectivity index (χ3v) is 7.49. The SMILES string of the molecule is CC1CN(S(=O)(=O)c2cc(C(=O)Nc3ccccc3C(C)(C)C)ccc2Cl)CC(C)O1. The molecule has 2 aromatic carbocycles. The van der Waals surface area contributed by atoms with E-state index in [-0.39, 0.29) is 46.2 Å². The summed E-state index contributed by atoms with van der Waals surface area (Å²) in [5.74, 6) is -0.395.